The van der Waals surface area contributed by atoms with Gasteiger partial charge in [-0.25, -0.2) is 8.42 Å². The molecule has 0 spiro atoms. The number of likely N-dealkylation sites (N-methyl/N-ethyl adjacent to an activating group) is 1. The molecule has 0 bridgehead atoms. The van der Waals surface area contributed by atoms with Gasteiger partial charge >= 0.3 is 0 Å². The lowest BCUT2D eigenvalue weighted by atomic mass is 10.4. The van der Waals surface area contributed by atoms with Gasteiger partial charge in [-0.3, -0.25) is 0 Å². The summed E-state index contributed by atoms with van der Waals surface area (Å²) >= 11 is 11.6. The van der Waals surface area contributed by atoms with Crippen molar-refractivity contribution in [3.05, 3.63) is 28.2 Å². The molecule has 0 fully saturated rings. The van der Waals surface area contributed by atoms with E-state index in [1.807, 2.05) is 0 Å². The number of ether oxygens (including phenoxy) is 1. The van der Waals surface area contributed by atoms with Gasteiger partial charge in [0.25, 0.3) is 0 Å². The summed E-state index contributed by atoms with van der Waals surface area (Å²) < 4.78 is 29.2. The van der Waals surface area contributed by atoms with Crippen molar-refractivity contribution in [1.29, 1.82) is 0 Å². The van der Waals surface area contributed by atoms with Gasteiger partial charge in [0.2, 0.25) is 0 Å². The zero-order chi connectivity index (χ0) is 13.8. The molecule has 0 heterocycles. The van der Waals surface area contributed by atoms with Crippen LogP contribution in [0.25, 0.3) is 0 Å². The number of hydrogen-bond acceptors (Lipinski definition) is 4. The molecule has 0 aromatic heterocycles. The molecule has 1 atom stereocenters. The number of benzene rings is 1. The van der Waals surface area contributed by atoms with Gasteiger partial charge in [-0.05, 0) is 25.2 Å². The molecule has 4 nitrogen and oxygen atoms in total. The Bertz CT molecular complexity index is 505. The maximum Gasteiger partial charge on any atom is 0.180 e. The molecule has 0 aliphatic rings. The number of rotatable bonds is 6. The zero-order valence-corrected chi connectivity index (χ0v) is 12.4. The van der Waals surface area contributed by atoms with Crippen molar-refractivity contribution in [3.63, 3.8) is 0 Å². The molecule has 1 aromatic rings. The minimum absolute atomic E-state index is 0.0602. The first kappa shape index (κ1) is 15.7. The highest BCUT2D eigenvalue weighted by atomic mass is 35.5. The third kappa shape index (κ3) is 4.10. The largest absolute Gasteiger partial charge is 0.383 e. The van der Waals surface area contributed by atoms with E-state index in [0.717, 1.165) is 0 Å². The van der Waals surface area contributed by atoms with Crippen molar-refractivity contribution in [2.75, 3.05) is 26.5 Å². The van der Waals surface area contributed by atoms with E-state index in [-0.39, 0.29) is 21.7 Å². The van der Waals surface area contributed by atoms with E-state index in [2.05, 4.69) is 5.32 Å². The van der Waals surface area contributed by atoms with Gasteiger partial charge in [0.1, 0.15) is 0 Å². The molecule has 0 aliphatic heterocycles. The number of hydrogen-bond donors (Lipinski definition) is 1. The monoisotopic (exact) mass is 311 g/mol. The van der Waals surface area contributed by atoms with E-state index >= 15 is 0 Å². The Kier molecular flexibility index (Phi) is 5.88. The summed E-state index contributed by atoms with van der Waals surface area (Å²) in [6, 6.07) is 4.01. The first-order valence-electron chi connectivity index (χ1n) is 5.24. The van der Waals surface area contributed by atoms with Crippen molar-refractivity contribution < 1.29 is 13.2 Å². The summed E-state index contributed by atoms with van der Waals surface area (Å²) in [6.07, 6.45) is 0. The van der Waals surface area contributed by atoms with Crippen molar-refractivity contribution in [1.82, 2.24) is 5.32 Å². The van der Waals surface area contributed by atoms with E-state index in [9.17, 15) is 8.42 Å². The smallest absolute Gasteiger partial charge is 0.180 e. The first-order valence-corrected chi connectivity index (χ1v) is 7.65. The molecule has 1 aromatic carbocycles. The fraction of sp³-hybridized carbons (Fsp3) is 0.455. The molecule has 1 unspecified atom stereocenters. The van der Waals surface area contributed by atoms with E-state index in [0.29, 0.717) is 11.6 Å². The molecule has 0 saturated carbocycles. The minimum Gasteiger partial charge on any atom is -0.383 e. The summed E-state index contributed by atoms with van der Waals surface area (Å²) in [7, 11) is -0.206. The van der Waals surface area contributed by atoms with E-state index in [4.69, 9.17) is 27.9 Å². The average molecular weight is 312 g/mol. The van der Waals surface area contributed by atoms with E-state index in [1.165, 1.54) is 25.3 Å². The Labute approximate surface area is 117 Å². The van der Waals surface area contributed by atoms with Crippen molar-refractivity contribution in [2.45, 2.75) is 10.9 Å². The van der Waals surface area contributed by atoms with Gasteiger partial charge in [0.15, 0.2) is 9.84 Å². The molecule has 0 amide bonds. The van der Waals surface area contributed by atoms with Gasteiger partial charge in [0.05, 0.1) is 27.3 Å². The van der Waals surface area contributed by atoms with Crippen LogP contribution in [0.15, 0.2) is 23.1 Å². The molecule has 102 valence electrons. The summed E-state index contributed by atoms with van der Waals surface area (Å²) in [5.41, 5.74) is 0. The number of nitrogens with one attached hydrogen (secondary N) is 1. The standard InChI is InChI=1S/C11H15Cl2NO3S/c1-14-8(6-17-2)7-18(15,16)9-3-4-10(12)11(13)5-9/h3-5,8,14H,6-7H2,1-2H3. The third-order valence-corrected chi connectivity index (χ3v) is 5.00. The van der Waals surface area contributed by atoms with Crippen molar-refractivity contribution in [2.24, 2.45) is 0 Å². The summed E-state index contributed by atoms with van der Waals surface area (Å²) in [6.45, 7) is 0.317. The maximum absolute atomic E-state index is 12.1. The molecule has 1 rings (SSSR count). The second-order valence-corrected chi connectivity index (χ2v) is 6.65. The lowest BCUT2D eigenvalue weighted by molar-refractivity contribution is 0.176. The predicted molar refractivity (Wildman–Crippen MR) is 73.2 cm³/mol. The summed E-state index contributed by atoms with van der Waals surface area (Å²) in [5, 5.41) is 3.45. The highest BCUT2D eigenvalue weighted by Crippen LogP contribution is 2.25. The molecule has 1 N–H and O–H groups in total. The molecule has 0 aliphatic carbocycles. The Morgan fingerprint density at radius 2 is 2.00 bits per heavy atom. The minimum atomic E-state index is -3.42. The Morgan fingerprint density at radius 3 is 2.50 bits per heavy atom. The topological polar surface area (TPSA) is 55.4 Å². The van der Waals surface area contributed by atoms with Crippen LogP contribution in [-0.4, -0.2) is 41.0 Å². The molecular weight excluding hydrogens is 297 g/mol. The molecular formula is C11H15Cl2NO3S. The average Bonchev–Trinajstić information content (AvgIpc) is 2.31. The number of sulfone groups is 1. The summed E-state index contributed by atoms with van der Waals surface area (Å²) in [5.74, 6) is -0.0602. The van der Waals surface area contributed by atoms with Gasteiger partial charge in [0, 0.05) is 13.2 Å². The van der Waals surface area contributed by atoms with Gasteiger partial charge in [-0.1, -0.05) is 23.2 Å². The van der Waals surface area contributed by atoms with Crippen LogP contribution >= 0.6 is 23.2 Å². The molecule has 7 heteroatoms. The van der Waals surface area contributed by atoms with Gasteiger partial charge < -0.3 is 10.1 Å². The quantitative estimate of drug-likeness (QED) is 0.873. The van der Waals surface area contributed by atoms with Crippen LogP contribution in [0.5, 0.6) is 0 Å². The molecule has 0 saturated heterocycles. The van der Waals surface area contributed by atoms with Crippen molar-refractivity contribution >= 4 is 33.0 Å². The fourth-order valence-electron chi connectivity index (χ4n) is 1.45. The third-order valence-electron chi connectivity index (χ3n) is 2.45. The number of methoxy groups -OCH3 is 1. The van der Waals surface area contributed by atoms with Crippen LogP contribution in [0.4, 0.5) is 0 Å². The summed E-state index contributed by atoms with van der Waals surface area (Å²) in [4.78, 5) is 0.160. The van der Waals surface area contributed by atoms with E-state index < -0.39 is 9.84 Å². The zero-order valence-electron chi connectivity index (χ0n) is 10.1. The van der Waals surface area contributed by atoms with Crippen LogP contribution in [-0.2, 0) is 14.6 Å². The predicted octanol–water partition coefficient (Wildman–Crippen LogP) is 2.00. The van der Waals surface area contributed by atoms with Crippen LogP contribution in [0.1, 0.15) is 0 Å². The molecule has 0 radical (unpaired) electrons. The second-order valence-electron chi connectivity index (χ2n) is 3.80. The highest BCUT2D eigenvalue weighted by Gasteiger charge is 2.21. The lowest BCUT2D eigenvalue weighted by Gasteiger charge is -2.15. The normalized spacial score (nSPS) is 13.6. The van der Waals surface area contributed by atoms with Crippen LogP contribution in [0, 0.1) is 0 Å². The highest BCUT2D eigenvalue weighted by molar-refractivity contribution is 7.91. The first-order chi connectivity index (χ1) is 8.40. The van der Waals surface area contributed by atoms with Gasteiger partial charge in [-0.15, -0.1) is 0 Å². The SMILES string of the molecule is CNC(COC)CS(=O)(=O)c1ccc(Cl)c(Cl)c1. The Balaban J connectivity index is 2.95. The maximum atomic E-state index is 12.1. The van der Waals surface area contributed by atoms with Crippen LogP contribution in [0.3, 0.4) is 0 Å². The second kappa shape index (κ2) is 6.73. The Hall–Kier alpha value is -0.330. The van der Waals surface area contributed by atoms with Gasteiger partial charge in [-0.2, -0.15) is 0 Å². The lowest BCUT2D eigenvalue weighted by Crippen LogP contribution is -2.36. The molecule has 18 heavy (non-hydrogen) atoms. The van der Waals surface area contributed by atoms with Crippen molar-refractivity contribution in [3.8, 4) is 0 Å². The van der Waals surface area contributed by atoms with Crippen LogP contribution < -0.4 is 5.32 Å². The number of halogens is 2. The van der Waals surface area contributed by atoms with E-state index in [1.54, 1.807) is 7.05 Å². The van der Waals surface area contributed by atoms with Crippen LogP contribution in [0.2, 0.25) is 10.0 Å². The fourth-order valence-corrected chi connectivity index (χ4v) is 3.37. The Morgan fingerprint density at radius 1 is 1.33 bits per heavy atom.